The molecule has 1 saturated heterocycles. The largest absolute Gasteiger partial charge is 0.481 e. The van der Waals surface area contributed by atoms with Crippen molar-refractivity contribution in [1.29, 1.82) is 0 Å². The van der Waals surface area contributed by atoms with Crippen LogP contribution >= 0.6 is 11.6 Å². The molecule has 1 aliphatic heterocycles. The number of amides is 1. The SMILES string of the molecule is C[C@H](Oc1cccc(Cl)c1)C(=O)Nc1ccc(N2CCCCC2)cc1. The van der Waals surface area contributed by atoms with Gasteiger partial charge in [0, 0.05) is 29.5 Å². The van der Waals surface area contributed by atoms with E-state index in [9.17, 15) is 4.79 Å². The minimum atomic E-state index is -0.611. The van der Waals surface area contributed by atoms with Crippen molar-refractivity contribution in [2.45, 2.75) is 32.3 Å². The van der Waals surface area contributed by atoms with Crippen molar-refractivity contribution in [3.05, 3.63) is 53.6 Å². The quantitative estimate of drug-likeness (QED) is 0.839. The Morgan fingerprint density at radius 2 is 1.84 bits per heavy atom. The van der Waals surface area contributed by atoms with Gasteiger partial charge < -0.3 is 15.0 Å². The summed E-state index contributed by atoms with van der Waals surface area (Å²) in [5.74, 6) is 0.390. The average molecular weight is 359 g/mol. The van der Waals surface area contributed by atoms with Gasteiger partial charge >= 0.3 is 0 Å². The van der Waals surface area contributed by atoms with Crippen LogP contribution in [0.4, 0.5) is 11.4 Å². The third-order valence-corrected chi connectivity index (χ3v) is 4.57. The Hall–Kier alpha value is -2.20. The van der Waals surface area contributed by atoms with Crippen LogP contribution in [0.3, 0.4) is 0 Å². The molecule has 0 aromatic heterocycles. The van der Waals surface area contributed by atoms with Gasteiger partial charge in [-0.25, -0.2) is 0 Å². The molecule has 25 heavy (non-hydrogen) atoms. The molecule has 2 aromatic carbocycles. The topological polar surface area (TPSA) is 41.6 Å². The zero-order chi connectivity index (χ0) is 17.6. The van der Waals surface area contributed by atoms with Crippen LogP contribution < -0.4 is 15.0 Å². The first kappa shape index (κ1) is 17.6. The highest BCUT2D eigenvalue weighted by atomic mass is 35.5. The van der Waals surface area contributed by atoms with Crippen LogP contribution in [0.1, 0.15) is 26.2 Å². The number of nitrogens with zero attached hydrogens (tertiary/aromatic N) is 1. The Morgan fingerprint density at radius 3 is 2.52 bits per heavy atom. The fourth-order valence-electron chi connectivity index (χ4n) is 2.95. The molecule has 1 aliphatic rings. The molecule has 0 unspecified atom stereocenters. The molecule has 4 nitrogen and oxygen atoms in total. The molecule has 5 heteroatoms. The highest BCUT2D eigenvalue weighted by molar-refractivity contribution is 6.30. The summed E-state index contributed by atoms with van der Waals surface area (Å²) in [6.07, 6.45) is 3.20. The fourth-order valence-corrected chi connectivity index (χ4v) is 3.13. The highest BCUT2D eigenvalue weighted by Crippen LogP contribution is 2.22. The van der Waals surface area contributed by atoms with Gasteiger partial charge in [-0.2, -0.15) is 0 Å². The zero-order valence-electron chi connectivity index (χ0n) is 14.4. The number of piperidine rings is 1. The number of halogens is 1. The molecular formula is C20H23ClN2O2. The first-order valence-corrected chi connectivity index (χ1v) is 9.08. The molecule has 1 heterocycles. The summed E-state index contributed by atoms with van der Waals surface area (Å²) >= 11 is 5.93. The second-order valence-corrected chi connectivity index (χ2v) is 6.74. The summed E-state index contributed by atoms with van der Waals surface area (Å²) < 4.78 is 5.64. The number of nitrogens with one attached hydrogen (secondary N) is 1. The van der Waals surface area contributed by atoms with Crippen molar-refractivity contribution in [3.8, 4) is 5.75 Å². The molecular weight excluding hydrogens is 336 g/mol. The molecule has 2 aromatic rings. The summed E-state index contributed by atoms with van der Waals surface area (Å²) in [5.41, 5.74) is 1.98. The average Bonchev–Trinajstić information content (AvgIpc) is 2.63. The summed E-state index contributed by atoms with van der Waals surface area (Å²) in [5, 5.41) is 3.47. The van der Waals surface area contributed by atoms with Crippen LogP contribution in [0, 0.1) is 0 Å². The van der Waals surface area contributed by atoms with Crippen LogP contribution in [0.25, 0.3) is 0 Å². The molecule has 0 radical (unpaired) electrons. The number of benzene rings is 2. The van der Waals surface area contributed by atoms with E-state index in [0.717, 1.165) is 18.8 Å². The van der Waals surface area contributed by atoms with Gasteiger partial charge in [0.15, 0.2) is 6.10 Å². The van der Waals surface area contributed by atoms with Crippen molar-refractivity contribution in [2.24, 2.45) is 0 Å². The Bertz CT molecular complexity index is 712. The monoisotopic (exact) mass is 358 g/mol. The van der Waals surface area contributed by atoms with E-state index < -0.39 is 6.10 Å². The first-order valence-electron chi connectivity index (χ1n) is 8.70. The number of ether oxygens (including phenoxy) is 1. The molecule has 0 aliphatic carbocycles. The lowest BCUT2D eigenvalue weighted by molar-refractivity contribution is -0.122. The molecule has 0 bridgehead atoms. The number of carbonyl (C=O) groups excluding carboxylic acids is 1. The predicted octanol–water partition coefficient (Wildman–Crippen LogP) is 4.74. The molecule has 0 spiro atoms. The van der Waals surface area contributed by atoms with Gasteiger partial charge in [-0.05, 0) is 68.7 Å². The number of anilines is 2. The van der Waals surface area contributed by atoms with Crippen LogP contribution in [0.2, 0.25) is 5.02 Å². The number of rotatable bonds is 5. The van der Waals surface area contributed by atoms with E-state index in [-0.39, 0.29) is 5.91 Å². The maximum absolute atomic E-state index is 12.3. The Morgan fingerprint density at radius 1 is 1.12 bits per heavy atom. The minimum absolute atomic E-state index is 0.189. The van der Waals surface area contributed by atoms with Crippen molar-refractivity contribution in [2.75, 3.05) is 23.3 Å². The lowest BCUT2D eigenvalue weighted by Gasteiger charge is -2.28. The van der Waals surface area contributed by atoms with Gasteiger partial charge in [-0.3, -0.25) is 4.79 Å². The lowest BCUT2D eigenvalue weighted by Crippen LogP contribution is -2.30. The first-order chi connectivity index (χ1) is 12.1. The van der Waals surface area contributed by atoms with Gasteiger partial charge in [-0.1, -0.05) is 17.7 Å². The summed E-state index contributed by atoms with van der Waals surface area (Å²) in [6.45, 7) is 3.94. The third-order valence-electron chi connectivity index (χ3n) is 4.33. The number of carbonyl (C=O) groups is 1. The Kier molecular flexibility index (Phi) is 5.82. The third kappa shape index (κ3) is 4.89. The molecule has 3 rings (SSSR count). The standard InChI is InChI=1S/C20H23ClN2O2/c1-15(25-19-7-5-6-16(21)14-19)20(24)22-17-8-10-18(11-9-17)23-12-3-2-4-13-23/h5-11,14-15H,2-4,12-13H2,1H3,(H,22,24)/t15-/m0/s1. The molecule has 0 saturated carbocycles. The van der Waals surface area contributed by atoms with E-state index in [1.54, 1.807) is 31.2 Å². The van der Waals surface area contributed by atoms with Crippen molar-refractivity contribution >= 4 is 28.9 Å². The van der Waals surface area contributed by atoms with Gasteiger partial charge in [0.1, 0.15) is 5.75 Å². The van der Waals surface area contributed by atoms with Crippen molar-refractivity contribution < 1.29 is 9.53 Å². The second-order valence-electron chi connectivity index (χ2n) is 6.30. The van der Waals surface area contributed by atoms with Crippen molar-refractivity contribution in [3.63, 3.8) is 0 Å². The Balaban J connectivity index is 1.56. The minimum Gasteiger partial charge on any atom is -0.481 e. The van der Waals surface area contributed by atoms with E-state index in [1.165, 1.54) is 24.9 Å². The van der Waals surface area contributed by atoms with Crippen LogP contribution in [-0.2, 0) is 4.79 Å². The maximum atomic E-state index is 12.3. The summed E-state index contributed by atoms with van der Waals surface area (Å²) in [6, 6.07) is 15.0. The molecule has 1 fully saturated rings. The van der Waals surface area contributed by atoms with Crippen LogP contribution in [0.5, 0.6) is 5.75 Å². The zero-order valence-corrected chi connectivity index (χ0v) is 15.1. The van der Waals surface area contributed by atoms with Gasteiger partial charge in [0.25, 0.3) is 5.91 Å². The van der Waals surface area contributed by atoms with E-state index in [2.05, 4.69) is 22.3 Å². The summed E-state index contributed by atoms with van der Waals surface area (Å²) in [7, 11) is 0. The van der Waals surface area contributed by atoms with Gasteiger partial charge in [0.2, 0.25) is 0 Å². The maximum Gasteiger partial charge on any atom is 0.265 e. The molecule has 1 N–H and O–H groups in total. The van der Waals surface area contributed by atoms with Crippen LogP contribution in [0.15, 0.2) is 48.5 Å². The van der Waals surface area contributed by atoms with Crippen molar-refractivity contribution in [1.82, 2.24) is 0 Å². The molecule has 1 amide bonds. The molecule has 132 valence electrons. The van der Waals surface area contributed by atoms with E-state index in [1.807, 2.05) is 12.1 Å². The second kappa shape index (κ2) is 8.26. The normalized spacial score (nSPS) is 15.5. The lowest BCUT2D eigenvalue weighted by atomic mass is 10.1. The predicted molar refractivity (Wildman–Crippen MR) is 103 cm³/mol. The Labute approximate surface area is 153 Å². The summed E-state index contributed by atoms with van der Waals surface area (Å²) in [4.78, 5) is 14.7. The van der Waals surface area contributed by atoms with Gasteiger partial charge in [-0.15, -0.1) is 0 Å². The molecule has 1 atom stereocenters. The van der Waals surface area contributed by atoms with E-state index in [4.69, 9.17) is 16.3 Å². The highest BCUT2D eigenvalue weighted by Gasteiger charge is 2.16. The van der Waals surface area contributed by atoms with E-state index >= 15 is 0 Å². The number of hydrogen-bond donors (Lipinski definition) is 1. The fraction of sp³-hybridized carbons (Fsp3) is 0.350. The van der Waals surface area contributed by atoms with Crippen LogP contribution in [-0.4, -0.2) is 25.1 Å². The van der Waals surface area contributed by atoms with Gasteiger partial charge in [0.05, 0.1) is 0 Å². The van der Waals surface area contributed by atoms with E-state index in [0.29, 0.717) is 10.8 Å². The smallest absolute Gasteiger partial charge is 0.265 e. The number of hydrogen-bond acceptors (Lipinski definition) is 3.